The van der Waals surface area contributed by atoms with E-state index in [0.29, 0.717) is 22.0 Å². The normalized spacial score (nSPS) is 14.3. The average Bonchev–Trinajstić information content (AvgIpc) is 2.60. The lowest BCUT2D eigenvalue weighted by Crippen LogP contribution is -2.51. The van der Waals surface area contributed by atoms with Crippen LogP contribution in [-0.2, 0) is 9.59 Å². The third kappa shape index (κ3) is 3.49. The Balaban J connectivity index is 1.78. The first-order valence-electron chi connectivity index (χ1n) is 7.73. The summed E-state index contributed by atoms with van der Waals surface area (Å²) >= 11 is 6.01. The molecule has 0 aliphatic carbocycles. The zero-order chi connectivity index (χ0) is 18.0. The molecule has 2 aromatic rings. The first kappa shape index (κ1) is 17.0. The standard InChI is InChI=1S/C18H16ClN3O3/c1-11(20-17(24)12-6-2-3-7-13(12)19)18(25)22-10-16(23)21-14-8-4-5-9-15(14)22/h2-9,11H,10H2,1H3,(H,20,24)(H,21,23)/t11-/m1/s1. The topological polar surface area (TPSA) is 78.5 Å². The summed E-state index contributed by atoms with van der Waals surface area (Å²) in [4.78, 5) is 38.3. The predicted molar refractivity (Wildman–Crippen MR) is 95.8 cm³/mol. The summed E-state index contributed by atoms with van der Waals surface area (Å²) in [5.41, 5.74) is 1.46. The largest absolute Gasteiger partial charge is 0.340 e. The van der Waals surface area contributed by atoms with Gasteiger partial charge in [0.1, 0.15) is 12.6 Å². The number of carbonyl (C=O) groups is 3. The van der Waals surface area contributed by atoms with E-state index in [0.717, 1.165) is 0 Å². The minimum absolute atomic E-state index is 0.0951. The maximum atomic E-state index is 12.8. The summed E-state index contributed by atoms with van der Waals surface area (Å²) in [6.07, 6.45) is 0. The van der Waals surface area contributed by atoms with Crippen LogP contribution >= 0.6 is 11.6 Å². The molecule has 2 N–H and O–H groups in total. The van der Waals surface area contributed by atoms with Gasteiger partial charge >= 0.3 is 0 Å². The first-order valence-corrected chi connectivity index (χ1v) is 8.11. The number of carbonyl (C=O) groups excluding carboxylic acids is 3. The van der Waals surface area contributed by atoms with E-state index in [1.165, 1.54) is 4.90 Å². The molecule has 6 nitrogen and oxygen atoms in total. The van der Waals surface area contributed by atoms with Crippen LogP contribution in [0.3, 0.4) is 0 Å². The smallest absolute Gasteiger partial charge is 0.253 e. The van der Waals surface area contributed by atoms with Crippen molar-refractivity contribution in [1.29, 1.82) is 0 Å². The summed E-state index contributed by atoms with van der Waals surface area (Å²) in [5, 5.41) is 5.66. The highest BCUT2D eigenvalue weighted by atomic mass is 35.5. The highest BCUT2D eigenvalue weighted by Crippen LogP contribution is 2.29. The lowest BCUT2D eigenvalue weighted by Gasteiger charge is -2.31. The van der Waals surface area contributed by atoms with Gasteiger partial charge in [-0.25, -0.2) is 0 Å². The average molecular weight is 358 g/mol. The molecule has 3 amide bonds. The fourth-order valence-corrected chi connectivity index (χ4v) is 2.87. The molecule has 0 fully saturated rings. The number of fused-ring (bicyclic) bond motifs is 1. The summed E-state index contributed by atoms with van der Waals surface area (Å²) < 4.78 is 0. The molecule has 1 aliphatic heterocycles. The van der Waals surface area contributed by atoms with E-state index in [9.17, 15) is 14.4 Å². The molecule has 0 bridgehead atoms. The molecule has 1 atom stereocenters. The van der Waals surface area contributed by atoms with Crippen molar-refractivity contribution in [1.82, 2.24) is 5.32 Å². The van der Waals surface area contributed by atoms with Crippen molar-refractivity contribution in [2.45, 2.75) is 13.0 Å². The van der Waals surface area contributed by atoms with E-state index in [4.69, 9.17) is 11.6 Å². The monoisotopic (exact) mass is 357 g/mol. The van der Waals surface area contributed by atoms with E-state index in [1.54, 1.807) is 55.5 Å². The van der Waals surface area contributed by atoms with Gasteiger partial charge in [0.2, 0.25) is 11.8 Å². The van der Waals surface area contributed by atoms with Crippen molar-refractivity contribution >= 4 is 40.7 Å². The van der Waals surface area contributed by atoms with Crippen molar-refractivity contribution in [3.8, 4) is 0 Å². The lowest BCUT2D eigenvalue weighted by molar-refractivity contribution is -0.122. The van der Waals surface area contributed by atoms with Crippen molar-refractivity contribution in [3.63, 3.8) is 0 Å². The van der Waals surface area contributed by atoms with E-state index in [2.05, 4.69) is 10.6 Å². The number of anilines is 2. The van der Waals surface area contributed by atoms with Gasteiger partial charge in [0.15, 0.2) is 0 Å². The van der Waals surface area contributed by atoms with Crippen LogP contribution in [-0.4, -0.2) is 30.3 Å². The summed E-state index contributed by atoms with van der Waals surface area (Å²) in [7, 11) is 0. The minimum atomic E-state index is -0.817. The Kier molecular flexibility index (Phi) is 4.72. The molecule has 128 valence electrons. The molecule has 1 aliphatic rings. The highest BCUT2D eigenvalue weighted by molar-refractivity contribution is 6.33. The molecule has 0 unspecified atom stereocenters. The van der Waals surface area contributed by atoms with Gasteiger partial charge in [-0.05, 0) is 31.2 Å². The van der Waals surface area contributed by atoms with Crippen LogP contribution in [0, 0.1) is 0 Å². The van der Waals surface area contributed by atoms with Gasteiger partial charge < -0.3 is 10.6 Å². The van der Waals surface area contributed by atoms with Crippen molar-refractivity contribution < 1.29 is 14.4 Å². The third-order valence-electron chi connectivity index (χ3n) is 3.87. The predicted octanol–water partition coefficient (Wildman–Crippen LogP) is 2.44. The molecule has 25 heavy (non-hydrogen) atoms. The van der Waals surface area contributed by atoms with Crippen LogP contribution in [0.1, 0.15) is 17.3 Å². The van der Waals surface area contributed by atoms with Crippen LogP contribution in [0.4, 0.5) is 11.4 Å². The number of hydrogen-bond acceptors (Lipinski definition) is 3. The molecule has 0 saturated heterocycles. The quantitative estimate of drug-likeness (QED) is 0.885. The second-order valence-corrected chi connectivity index (χ2v) is 6.07. The number of nitrogens with one attached hydrogen (secondary N) is 2. The maximum Gasteiger partial charge on any atom is 0.253 e. The van der Waals surface area contributed by atoms with Gasteiger partial charge in [0.25, 0.3) is 5.91 Å². The van der Waals surface area contributed by atoms with Crippen LogP contribution in [0.25, 0.3) is 0 Å². The van der Waals surface area contributed by atoms with Gasteiger partial charge in [-0.2, -0.15) is 0 Å². The van der Waals surface area contributed by atoms with Gasteiger partial charge in [-0.15, -0.1) is 0 Å². The zero-order valence-corrected chi connectivity index (χ0v) is 14.2. The third-order valence-corrected chi connectivity index (χ3v) is 4.20. The zero-order valence-electron chi connectivity index (χ0n) is 13.5. The van der Waals surface area contributed by atoms with Crippen molar-refractivity contribution in [3.05, 3.63) is 59.1 Å². The summed E-state index contributed by atoms with van der Waals surface area (Å²) in [6, 6.07) is 12.8. The summed E-state index contributed by atoms with van der Waals surface area (Å²) in [6.45, 7) is 1.48. The molecular weight excluding hydrogens is 342 g/mol. The molecule has 0 aromatic heterocycles. The number of halogens is 1. The fraction of sp³-hybridized carbons (Fsp3) is 0.167. The van der Waals surface area contributed by atoms with Crippen LogP contribution in [0.5, 0.6) is 0 Å². The molecule has 0 radical (unpaired) electrons. The molecule has 3 rings (SSSR count). The van der Waals surface area contributed by atoms with Gasteiger partial charge in [-0.1, -0.05) is 35.9 Å². The number of benzene rings is 2. The van der Waals surface area contributed by atoms with E-state index < -0.39 is 11.9 Å². The number of amides is 3. The Morgan fingerprint density at radius 3 is 2.60 bits per heavy atom. The van der Waals surface area contributed by atoms with Crippen LogP contribution < -0.4 is 15.5 Å². The fourth-order valence-electron chi connectivity index (χ4n) is 2.65. The molecule has 0 spiro atoms. The molecule has 2 aromatic carbocycles. The summed E-state index contributed by atoms with van der Waals surface area (Å²) in [5.74, 6) is -1.10. The van der Waals surface area contributed by atoms with Crippen LogP contribution in [0.2, 0.25) is 5.02 Å². The van der Waals surface area contributed by atoms with Gasteiger partial charge in [0, 0.05) is 0 Å². The van der Waals surface area contributed by atoms with Crippen LogP contribution in [0.15, 0.2) is 48.5 Å². The first-order chi connectivity index (χ1) is 12.0. The Morgan fingerprint density at radius 1 is 1.16 bits per heavy atom. The minimum Gasteiger partial charge on any atom is -0.340 e. The number of nitrogens with zero attached hydrogens (tertiary/aromatic N) is 1. The Morgan fingerprint density at radius 2 is 1.84 bits per heavy atom. The van der Waals surface area contributed by atoms with Crippen molar-refractivity contribution in [2.75, 3.05) is 16.8 Å². The van der Waals surface area contributed by atoms with E-state index in [1.807, 2.05) is 0 Å². The lowest BCUT2D eigenvalue weighted by atomic mass is 10.1. The molecule has 0 saturated carbocycles. The highest BCUT2D eigenvalue weighted by Gasteiger charge is 2.30. The van der Waals surface area contributed by atoms with E-state index in [-0.39, 0.29) is 18.4 Å². The Bertz CT molecular complexity index is 853. The second-order valence-electron chi connectivity index (χ2n) is 5.66. The maximum absolute atomic E-state index is 12.8. The molecule has 1 heterocycles. The Hall–Kier alpha value is -2.86. The van der Waals surface area contributed by atoms with Crippen molar-refractivity contribution in [2.24, 2.45) is 0 Å². The second kappa shape index (κ2) is 6.94. The number of hydrogen-bond donors (Lipinski definition) is 2. The molecule has 7 heteroatoms. The SMILES string of the molecule is C[C@@H](NC(=O)c1ccccc1Cl)C(=O)N1CC(=O)Nc2ccccc21. The van der Waals surface area contributed by atoms with Gasteiger partial charge in [-0.3, -0.25) is 19.3 Å². The van der Waals surface area contributed by atoms with Gasteiger partial charge in [0.05, 0.1) is 22.0 Å². The molecular formula is C18H16ClN3O3. The number of para-hydroxylation sites is 2. The van der Waals surface area contributed by atoms with E-state index >= 15 is 0 Å². The number of rotatable bonds is 3. The Labute approximate surface area is 149 Å².